The van der Waals surface area contributed by atoms with Gasteiger partial charge in [-0.15, -0.1) is 0 Å². The molecule has 0 aliphatic heterocycles. The minimum absolute atomic E-state index is 0.0129. The summed E-state index contributed by atoms with van der Waals surface area (Å²) >= 11 is 1.60. The van der Waals surface area contributed by atoms with Crippen LogP contribution in [-0.2, 0) is 14.4 Å². The molecule has 0 spiro atoms. The summed E-state index contributed by atoms with van der Waals surface area (Å²) in [5, 5.41) is 25.0. The number of guanidine groups is 2. The van der Waals surface area contributed by atoms with Crippen LogP contribution in [0.1, 0.15) is 32.1 Å². The summed E-state index contributed by atoms with van der Waals surface area (Å²) in [6, 6.07) is -2.32. The molecule has 0 aromatic heterocycles. The first kappa shape index (κ1) is 34.8. The van der Waals surface area contributed by atoms with Gasteiger partial charge in [0.1, 0.15) is 18.1 Å². The van der Waals surface area contributed by atoms with Crippen molar-refractivity contribution >= 4 is 41.6 Å². The zero-order chi connectivity index (χ0) is 26.4. The zero-order valence-electron chi connectivity index (χ0n) is 18.8. The number of thioether (sulfide) groups is 1. The summed E-state index contributed by atoms with van der Waals surface area (Å²) in [6.45, 7) is 0.840. The highest BCUT2D eigenvalue weighted by molar-refractivity contribution is 7.98. The number of rotatable bonds is 14. The molecule has 0 bridgehead atoms. The summed E-state index contributed by atoms with van der Waals surface area (Å²) < 4.78 is 0. The average molecular weight is 498 g/mol. The molecule has 0 rings (SSSR count). The van der Waals surface area contributed by atoms with E-state index in [0.717, 1.165) is 5.75 Å². The van der Waals surface area contributed by atoms with Gasteiger partial charge in [0.2, 0.25) is 0 Å². The van der Waals surface area contributed by atoms with Gasteiger partial charge in [0, 0.05) is 13.1 Å². The molecule has 0 aromatic rings. The summed E-state index contributed by atoms with van der Waals surface area (Å²) in [5.41, 5.74) is 35.8. The second-order valence-electron chi connectivity index (χ2n) is 6.51. The molecule has 0 heterocycles. The van der Waals surface area contributed by atoms with Crippen LogP contribution in [0.25, 0.3) is 0 Å². The third-order valence-electron chi connectivity index (χ3n) is 3.52. The lowest BCUT2D eigenvalue weighted by Gasteiger charge is -2.03. The third kappa shape index (κ3) is 29.2. The van der Waals surface area contributed by atoms with E-state index in [0.29, 0.717) is 45.2 Å². The van der Waals surface area contributed by atoms with E-state index in [9.17, 15) is 14.4 Å². The number of aliphatic imine (C=N–C) groups is 2. The number of hydrogen-bond donors (Lipinski definition) is 10. The highest BCUT2D eigenvalue weighted by atomic mass is 32.2. The van der Waals surface area contributed by atoms with Crippen LogP contribution < -0.4 is 40.1 Å². The predicted octanol–water partition coefficient (Wildman–Crippen LogP) is -2.94. The minimum atomic E-state index is -1.00. The van der Waals surface area contributed by atoms with E-state index in [1.54, 1.807) is 11.8 Å². The number of carboxylic acid groups (broad SMARTS) is 3. The van der Waals surface area contributed by atoms with E-state index in [1.807, 2.05) is 6.26 Å². The largest absolute Gasteiger partial charge is 0.480 e. The van der Waals surface area contributed by atoms with Crippen LogP contribution in [-0.4, -0.2) is 88.4 Å². The Balaban J connectivity index is -0.000000414. The van der Waals surface area contributed by atoms with E-state index in [-0.39, 0.29) is 11.9 Å². The molecule has 0 aliphatic rings. The molecule has 17 N–H and O–H groups in total. The van der Waals surface area contributed by atoms with Crippen molar-refractivity contribution in [2.75, 3.05) is 25.1 Å². The summed E-state index contributed by atoms with van der Waals surface area (Å²) in [4.78, 5) is 37.9. The summed E-state index contributed by atoms with van der Waals surface area (Å²) in [6.07, 6.45) is 4.39. The fraction of sp³-hybridized carbons (Fsp3) is 0.706. The second-order valence-corrected chi connectivity index (χ2v) is 7.50. The minimum Gasteiger partial charge on any atom is -0.480 e. The van der Waals surface area contributed by atoms with Gasteiger partial charge in [-0.05, 0) is 44.1 Å². The van der Waals surface area contributed by atoms with E-state index in [1.165, 1.54) is 0 Å². The van der Waals surface area contributed by atoms with Crippen LogP contribution in [0.5, 0.6) is 0 Å². The normalized spacial score (nSPS) is 12.4. The Kier molecular flexibility index (Phi) is 23.6. The molecule has 0 amide bonds. The van der Waals surface area contributed by atoms with Crippen LogP contribution >= 0.6 is 11.8 Å². The maximum absolute atomic E-state index is 10.2. The van der Waals surface area contributed by atoms with Crippen molar-refractivity contribution in [3.05, 3.63) is 0 Å². The first-order valence-corrected chi connectivity index (χ1v) is 11.2. The van der Waals surface area contributed by atoms with Gasteiger partial charge in [0.25, 0.3) is 0 Å². The molecule has 0 aliphatic carbocycles. The van der Waals surface area contributed by atoms with Crippen molar-refractivity contribution in [1.82, 2.24) is 0 Å². The van der Waals surface area contributed by atoms with E-state index in [2.05, 4.69) is 9.98 Å². The van der Waals surface area contributed by atoms with E-state index < -0.39 is 36.0 Å². The Hall–Kier alpha value is -2.82. The van der Waals surface area contributed by atoms with Crippen molar-refractivity contribution in [3.63, 3.8) is 0 Å². The average Bonchev–Trinajstić information content (AvgIpc) is 2.72. The molecule has 0 aromatic carbocycles. The van der Waals surface area contributed by atoms with Gasteiger partial charge in [0.05, 0.1) is 0 Å². The Morgan fingerprint density at radius 1 is 0.697 bits per heavy atom. The Morgan fingerprint density at radius 2 is 1.00 bits per heavy atom. The molecule has 16 heteroatoms. The molecular weight excluding hydrogens is 458 g/mol. The lowest BCUT2D eigenvalue weighted by Crippen LogP contribution is -2.30. The SMILES string of the molecule is CSCC[C@H](N)C(=O)O.NC(N)=NCCC[C@H](N)C(=O)O.NC(N)=NCCC[C@H](N)C(=O)O. The topological polar surface area (TPSA) is 319 Å². The molecular formula is C17H39N9O6S. The van der Waals surface area contributed by atoms with Crippen LogP contribution in [0.3, 0.4) is 0 Å². The summed E-state index contributed by atoms with van der Waals surface area (Å²) in [7, 11) is 0. The second kappa shape index (κ2) is 22.4. The highest BCUT2D eigenvalue weighted by Crippen LogP contribution is 1.98. The molecule has 33 heavy (non-hydrogen) atoms. The van der Waals surface area contributed by atoms with Gasteiger partial charge >= 0.3 is 17.9 Å². The zero-order valence-corrected chi connectivity index (χ0v) is 19.6. The maximum atomic E-state index is 10.2. The molecule has 0 unspecified atom stereocenters. The van der Waals surface area contributed by atoms with Crippen molar-refractivity contribution in [2.24, 2.45) is 50.1 Å². The highest BCUT2D eigenvalue weighted by Gasteiger charge is 2.10. The first-order chi connectivity index (χ1) is 15.3. The van der Waals surface area contributed by atoms with Crippen LogP contribution in [0, 0.1) is 0 Å². The smallest absolute Gasteiger partial charge is 0.320 e. The molecule has 0 saturated heterocycles. The van der Waals surface area contributed by atoms with Gasteiger partial charge in [-0.25, -0.2) is 0 Å². The number of aliphatic carboxylic acids is 3. The molecule has 15 nitrogen and oxygen atoms in total. The van der Waals surface area contributed by atoms with Crippen molar-refractivity contribution in [3.8, 4) is 0 Å². The lowest BCUT2D eigenvalue weighted by molar-refractivity contribution is -0.139. The van der Waals surface area contributed by atoms with E-state index >= 15 is 0 Å². The Bertz CT molecular complexity index is 574. The fourth-order valence-electron chi connectivity index (χ4n) is 1.65. The standard InChI is InChI=1S/2C6H14N4O2.C5H11NO2S/c2*7-4(5(11)12)2-1-3-10-6(8)9;1-9-3-2-4(6)5(7)8/h2*4H,1-3,7H2,(H,11,12)(H4,8,9,10);4H,2-3,6H2,1H3,(H,7,8)/t3*4-/m000/s1. The molecule has 0 saturated carbocycles. The molecule has 3 atom stereocenters. The van der Waals surface area contributed by atoms with Gasteiger partial charge in [-0.3, -0.25) is 24.4 Å². The molecule has 194 valence electrons. The van der Waals surface area contributed by atoms with Gasteiger partial charge in [-0.2, -0.15) is 11.8 Å². The van der Waals surface area contributed by atoms with Gasteiger partial charge < -0.3 is 55.5 Å². The quantitative estimate of drug-likeness (QED) is 0.0651. The van der Waals surface area contributed by atoms with Crippen LogP contribution in [0.4, 0.5) is 0 Å². The number of carbonyl (C=O) groups is 3. The predicted molar refractivity (Wildman–Crippen MR) is 130 cm³/mol. The van der Waals surface area contributed by atoms with Crippen molar-refractivity contribution < 1.29 is 29.7 Å². The van der Waals surface area contributed by atoms with Gasteiger partial charge in [0.15, 0.2) is 11.9 Å². The van der Waals surface area contributed by atoms with E-state index in [4.69, 9.17) is 55.5 Å². The Labute approximate surface area is 197 Å². The monoisotopic (exact) mass is 497 g/mol. The number of carboxylic acids is 3. The first-order valence-electron chi connectivity index (χ1n) is 9.81. The van der Waals surface area contributed by atoms with Crippen molar-refractivity contribution in [2.45, 2.75) is 50.2 Å². The third-order valence-corrected chi connectivity index (χ3v) is 4.16. The fourth-order valence-corrected chi connectivity index (χ4v) is 2.14. The van der Waals surface area contributed by atoms with Crippen LogP contribution in [0.15, 0.2) is 9.98 Å². The van der Waals surface area contributed by atoms with Gasteiger partial charge in [-0.1, -0.05) is 0 Å². The Morgan fingerprint density at radius 3 is 1.24 bits per heavy atom. The molecule has 0 fully saturated rings. The number of nitrogens with zero attached hydrogens (tertiary/aromatic N) is 2. The number of hydrogen-bond acceptors (Lipinski definition) is 9. The van der Waals surface area contributed by atoms with Crippen LogP contribution in [0.2, 0.25) is 0 Å². The summed E-state index contributed by atoms with van der Waals surface area (Å²) in [5.74, 6) is -2.07. The van der Waals surface area contributed by atoms with Crippen molar-refractivity contribution in [1.29, 1.82) is 0 Å². The lowest BCUT2D eigenvalue weighted by atomic mass is 10.2. The number of nitrogens with two attached hydrogens (primary N) is 7. The maximum Gasteiger partial charge on any atom is 0.320 e. The molecule has 0 radical (unpaired) electrons.